The van der Waals surface area contributed by atoms with Gasteiger partial charge in [-0.1, -0.05) is 12.2 Å². The molecule has 3 nitrogen and oxygen atoms in total. The van der Waals surface area contributed by atoms with Crippen molar-refractivity contribution in [3.63, 3.8) is 0 Å². The van der Waals surface area contributed by atoms with E-state index in [4.69, 9.17) is 10.6 Å². The summed E-state index contributed by atoms with van der Waals surface area (Å²) in [7, 11) is 0. The zero-order chi connectivity index (χ0) is 8.97. The lowest BCUT2D eigenvalue weighted by molar-refractivity contribution is 0.0444. The number of hydrogen-bond acceptors (Lipinski definition) is 3. The molecule has 1 aliphatic heterocycles. The molecule has 2 unspecified atom stereocenters. The Morgan fingerprint density at radius 3 is 2.92 bits per heavy atom. The van der Waals surface area contributed by atoms with E-state index >= 15 is 0 Å². The molecule has 0 aliphatic carbocycles. The van der Waals surface area contributed by atoms with E-state index in [1.165, 1.54) is 6.42 Å². The Bertz CT molecular complexity index is 153. The van der Waals surface area contributed by atoms with Crippen molar-refractivity contribution >= 4 is 0 Å². The van der Waals surface area contributed by atoms with Crippen molar-refractivity contribution in [3.8, 4) is 0 Å². The van der Waals surface area contributed by atoms with Gasteiger partial charge in [0.05, 0.1) is 6.61 Å². The first-order chi connectivity index (χ1) is 5.75. The summed E-state index contributed by atoms with van der Waals surface area (Å²) in [6, 6.07) is 0.213. The van der Waals surface area contributed by atoms with Crippen LogP contribution in [0.15, 0.2) is 12.2 Å². The molecule has 1 aliphatic rings. The second-order valence-electron chi connectivity index (χ2n) is 3.47. The van der Waals surface area contributed by atoms with Gasteiger partial charge in [-0.2, -0.15) is 0 Å². The van der Waals surface area contributed by atoms with Crippen LogP contribution in [0.3, 0.4) is 0 Å². The molecule has 70 valence electrons. The topological polar surface area (TPSA) is 47.3 Å². The number of nitrogens with one attached hydrogen (secondary N) is 1. The molecule has 12 heavy (non-hydrogen) atoms. The summed E-state index contributed by atoms with van der Waals surface area (Å²) in [5.74, 6) is 5.94. The Morgan fingerprint density at radius 1 is 1.75 bits per heavy atom. The molecule has 0 spiro atoms. The largest absolute Gasteiger partial charge is 0.381 e. The number of nitrogens with two attached hydrogens (primary N) is 1. The lowest BCUT2D eigenvalue weighted by Gasteiger charge is -2.29. The van der Waals surface area contributed by atoms with Crippen LogP contribution in [-0.2, 0) is 4.74 Å². The van der Waals surface area contributed by atoms with E-state index in [9.17, 15) is 0 Å². The summed E-state index contributed by atoms with van der Waals surface area (Å²) >= 11 is 0. The minimum absolute atomic E-state index is 0.213. The standard InChI is InChI=1S/C9H18N2O/c1-7(2)9(11-10)8-4-3-5-12-6-8/h8-9,11H,1,3-6,10H2,2H3. The Hall–Kier alpha value is -0.380. The molecule has 3 N–H and O–H groups in total. The van der Waals surface area contributed by atoms with E-state index in [1.807, 2.05) is 6.92 Å². The van der Waals surface area contributed by atoms with E-state index in [0.29, 0.717) is 5.92 Å². The van der Waals surface area contributed by atoms with Crippen LogP contribution in [-0.4, -0.2) is 19.3 Å². The molecule has 0 aromatic carbocycles. The van der Waals surface area contributed by atoms with Crippen molar-refractivity contribution in [3.05, 3.63) is 12.2 Å². The van der Waals surface area contributed by atoms with Gasteiger partial charge in [-0.3, -0.25) is 11.3 Å². The van der Waals surface area contributed by atoms with Gasteiger partial charge in [0.15, 0.2) is 0 Å². The maximum absolute atomic E-state index is 5.44. The predicted molar refractivity (Wildman–Crippen MR) is 49.5 cm³/mol. The molecule has 1 saturated heterocycles. The highest BCUT2D eigenvalue weighted by molar-refractivity contribution is 5.04. The average Bonchev–Trinajstić information content (AvgIpc) is 2.07. The molecule has 1 heterocycles. The second kappa shape index (κ2) is 4.60. The van der Waals surface area contributed by atoms with Crippen molar-refractivity contribution < 1.29 is 4.74 Å². The maximum atomic E-state index is 5.44. The van der Waals surface area contributed by atoms with Crippen molar-refractivity contribution in [1.29, 1.82) is 0 Å². The summed E-state index contributed by atoms with van der Waals surface area (Å²) in [6.45, 7) is 7.60. The quantitative estimate of drug-likeness (QED) is 0.374. The van der Waals surface area contributed by atoms with E-state index in [0.717, 1.165) is 25.2 Å². The van der Waals surface area contributed by atoms with Gasteiger partial charge < -0.3 is 4.74 Å². The van der Waals surface area contributed by atoms with Crippen LogP contribution in [0.4, 0.5) is 0 Å². The molecule has 2 atom stereocenters. The van der Waals surface area contributed by atoms with E-state index in [2.05, 4.69) is 12.0 Å². The molecule has 1 fully saturated rings. The van der Waals surface area contributed by atoms with Crippen LogP contribution in [0.2, 0.25) is 0 Å². The van der Waals surface area contributed by atoms with Crippen LogP contribution in [0.5, 0.6) is 0 Å². The summed E-state index contributed by atoms with van der Waals surface area (Å²) in [6.07, 6.45) is 2.32. The van der Waals surface area contributed by atoms with Crippen LogP contribution in [0, 0.1) is 5.92 Å². The number of hydrazine groups is 1. The monoisotopic (exact) mass is 170 g/mol. The fourth-order valence-electron chi connectivity index (χ4n) is 1.71. The van der Waals surface area contributed by atoms with Crippen molar-refractivity contribution in [2.45, 2.75) is 25.8 Å². The molecular weight excluding hydrogens is 152 g/mol. The Morgan fingerprint density at radius 2 is 2.50 bits per heavy atom. The zero-order valence-electron chi connectivity index (χ0n) is 7.68. The van der Waals surface area contributed by atoms with Crippen LogP contribution < -0.4 is 11.3 Å². The van der Waals surface area contributed by atoms with Gasteiger partial charge in [-0.05, 0) is 19.8 Å². The van der Waals surface area contributed by atoms with Gasteiger partial charge in [0.1, 0.15) is 0 Å². The van der Waals surface area contributed by atoms with Gasteiger partial charge in [0.25, 0.3) is 0 Å². The molecule has 0 saturated carbocycles. The number of ether oxygens (including phenoxy) is 1. The third kappa shape index (κ3) is 2.30. The number of hydrogen-bond donors (Lipinski definition) is 2. The maximum Gasteiger partial charge on any atom is 0.0512 e. The van der Waals surface area contributed by atoms with Gasteiger partial charge >= 0.3 is 0 Å². The van der Waals surface area contributed by atoms with Crippen LogP contribution in [0.25, 0.3) is 0 Å². The normalized spacial score (nSPS) is 26.7. The van der Waals surface area contributed by atoms with E-state index in [-0.39, 0.29) is 6.04 Å². The minimum atomic E-state index is 0.213. The van der Waals surface area contributed by atoms with E-state index < -0.39 is 0 Å². The fraction of sp³-hybridized carbons (Fsp3) is 0.778. The smallest absolute Gasteiger partial charge is 0.0512 e. The molecule has 1 rings (SSSR count). The Balaban J connectivity index is 2.46. The van der Waals surface area contributed by atoms with Gasteiger partial charge in [-0.25, -0.2) is 0 Å². The SMILES string of the molecule is C=C(C)C(NN)C1CCCOC1. The molecule has 3 heteroatoms. The summed E-state index contributed by atoms with van der Waals surface area (Å²) in [5.41, 5.74) is 3.88. The predicted octanol–water partition coefficient (Wildman–Crippen LogP) is 0.821. The lowest BCUT2D eigenvalue weighted by Crippen LogP contribution is -2.44. The fourth-order valence-corrected chi connectivity index (χ4v) is 1.71. The summed E-state index contributed by atoms with van der Waals surface area (Å²) in [5, 5.41) is 0. The third-order valence-corrected chi connectivity index (χ3v) is 2.38. The molecule has 0 radical (unpaired) electrons. The van der Waals surface area contributed by atoms with Gasteiger partial charge in [0.2, 0.25) is 0 Å². The molecule has 0 aromatic heterocycles. The summed E-state index contributed by atoms with van der Waals surface area (Å²) < 4.78 is 5.38. The zero-order valence-corrected chi connectivity index (χ0v) is 7.68. The molecule has 0 amide bonds. The highest BCUT2D eigenvalue weighted by Gasteiger charge is 2.23. The first-order valence-corrected chi connectivity index (χ1v) is 4.45. The van der Waals surface area contributed by atoms with Crippen molar-refractivity contribution in [2.75, 3.05) is 13.2 Å². The van der Waals surface area contributed by atoms with Gasteiger partial charge in [0, 0.05) is 18.6 Å². The van der Waals surface area contributed by atoms with Crippen molar-refractivity contribution in [1.82, 2.24) is 5.43 Å². The van der Waals surface area contributed by atoms with Crippen LogP contribution in [0.1, 0.15) is 19.8 Å². The van der Waals surface area contributed by atoms with Gasteiger partial charge in [-0.15, -0.1) is 0 Å². The van der Waals surface area contributed by atoms with Crippen molar-refractivity contribution in [2.24, 2.45) is 11.8 Å². The Kier molecular flexibility index (Phi) is 3.72. The Labute approximate surface area is 73.9 Å². The highest BCUT2D eigenvalue weighted by atomic mass is 16.5. The third-order valence-electron chi connectivity index (χ3n) is 2.38. The lowest BCUT2D eigenvalue weighted by atomic mass is 9.90. The average molecular weight is 170 g/mol. The minimum Gasteiger partial charge on any atom is -0.381 e. The molecular formula is C9H18N2O. The first kappa shape index (κ1) is 9.71. The molecule has 0 aromatic rings. The van der Waals surface area contributed by atoms with Crippen LogP contribution >= 0.6 is 0 Å². The first-order valence-electron chi connectivity index (χ1n) is 4.45. The van der Waals surface area contributed by atoms with E-state index in [1.54, 1.807) is 0 Å². The number of rotatable bonds is 3. The molecule has 0 bridgehead atoms. The highest BCUT2D eigenvalue weighted by Crippen LogP contribution is 2.20. The summed E-state index contributed by atoms with van der Waals surface area (Å²) in [4.78, 5) is 0. The second-order valence-corrected chi connectivity index (χ2v) is 3.47.